The van der Waals surface area contributed by atoms with Crippen molar-refractivity contribution in [1.82, 2.24) is 9.78 Å². The largest absolute Gasteiger partial charge is 0.378 e. The summed E-state index contributed by atoms with van der Waals surface area (Å²) in [6, 6.07) is 0.240. The molecule has 19 heavy (non-hydrogen) atoms. The van der Waals surface area contributed by atoms with Crippen LogP contribution in [0.1, 0.15) is 32.6 Å². The number of nitrogens with two attached hydrogens (primary N) is 1. The number of anilines is 1. The fourth-order valence-corrected chi connectivity index (χ4v) is 2.52. The van der Waals surface area contributed by atoms with E-state index in [9.17, 15) is 4.79 Å². The molecule has 0 bridgehead atoms. The molecule has 1 aromatic heterocycles. The maximum absolute atomic E-state index is 12.1. The minimum Gasteiger partial charge on any atom is -0.378 e. The van der Waals surface area contributed by atoms with Crippen LogP contribution in [0.4, 0.5) is 5.69 Å². The van der Waals surface area contributed by atoms with Crippen molar-refractivity contribution < 1.29 is 0 Å². The quantitative estimate of drug-likeness (QED) is 0.802. The first-order chi connectivity index (χ1) is 9.17. The lowest BCUT2D eigenvalue weighted by Gasteiger charge is -2.18. The number of hydrogen-bond donors (Lipinski definition) is 2. The number of nitrogens with one attached hydrogen (secondary N) is 1. The van der Waals surface area contributed by atoms with Gasteiger partial charge in [-0.25, -0.2) is 4.68 Å². The molecule has 1 aliphatic rings. The van der Waals surface area contributed by atoms with Crippen molar-refractivity contribution in [2.24, 2.45) is 11.7 Å². The Hall–Kier alpha value is -0.880. The van der Waals surface area contributed by atoms with Crippen LogP contribution >= 0.6 is 15.9 Å². The Morgan fingerprint density at radius 2 is 2.37 bits per heavy atom. The van der Waals surface area contributed by atoms with E-state index in [1.807, 2.05) is 0 Å². The smallest absolute Gasteiger partial charge is 0.283 e. The van der Waals surface area contributed by atoms with E-state index in [2.05, 4.69) is 33.3 Å². The van der Waals surface area contributed by atoms with E-state index < -0.39 is 0 Å². The average Bonchev–Trinajstić information content (AvgIpc) is 3.24. The highest BCUT2D eigenvalue weighted by Gasteiger charge is 2.30. The van der Waals surface area contributed by atoms with Crippen LogP contribution in [0, 0.1) is 5.92 Å². The normalized spacial score (nSPS) is 16.4. The summed E-state index contributed by atoms with van der Waals surface area (Å²) >= 11 is 3.37. The van der Waals surface area contributed by atoms with Crippen LogP contribution in [0.2, 0.25) is 0 Å². The first-order valence-electron chi connectivity index (χ1n) is 6.89. The van der Waals surface area contributed by atoms with Gasteiger partial charge in [-0.1, -0.05) is 13.3 Å². The van der Waals surface area contributed by atoms with E-state index in [1.54, 1.807) is 6.20 Å². The zero-order valence-electron chi connectivity index (χ0n) is 11.2. The fraction of sp³-hybridized carbons (Fsp3) is 0.692. The summed E-state index contributed by atoms with van der Waals surface area (Å²) in [5, 5.41) is 7.55. The van der Waals surface area contributed by atoms with Crippen LogP contribution in [-0.4, -0.2) is 22.4 Å². The number of aromatic nitrogens is 2. The summed E-state index contributed by atoms with van der Waals surface area (Å²) in [5.74, 6) is 0.638. The van der Waals surface area contributed by atoms with E-state index in [-0.39, 0.29) is 11.6 Å². The molecule has 1 atom stereocenters. The average molecular weight is 329 g/mol. The van der Waals surface area contributed by atoms with Gasteiger partial charge in [-0.2, -0.15) is 5.10 Å². The molecule has 5 nitrogen and oxygen atoms in total. The Balaban J connectivity index is 2.13. The highest BCUT2D eigenvalue weighted by molar-refractivity contribution is 9.10. The van der Waals surface area contributed by atoms with Crippen molar-refractivity contribution in [3.63, 3.8) is 0 Å². The van der Waals surface area contributed by atoms with Gasteiger partial charge in [-0.15, -0.1) is 0 Å². The topological polar surface area (TPSA) is 72.9 Å². The van der Waals surface area contributed by atoms with Crippen molar-refractivity contribution in [3.8, 4) is 0 Å². The van der Waals surface area contributed by atoms with E-state index in [4.69, 9.17) is 5.73 Å². The van der Waals surface area contributed by atoms with Gasteiger partial charge in [0.25, 0.3) is 5.56 Å². The predicted octanol–water partition coefficient (Wildman–Crippen LogP) is 1.96. The Bertz CT molecular complexity index is 484. The molecule has 0 saturated heterocycles. The number of halogens is 1. The molecule has 0 aromatic carbocycles. The first-order valence-corrected chi connectivity index (χ1v) is 7.68. The molecule has 1 saturated carbocycles. The number of nitrogens with zero attached hydrogens (tertiary/aromatic N) is 2. The van der Waals surface area contributed by atoms with E-state index >= 15 is 0 Å². The van der Waals surface area contributed by atoms with E-state index in [1.165, 1.54) is 17.5 Å². The summed E-state index contributed by atoms with van der Waals surface area (Å²) in [6.45, 7) is 3.34. The Morgan fingerprint density at radius 3 is 2.95 bits per heavy atom. The van der Waals surface area contributed by atoms with Gasteiger partial charge in [0.05, 0.1) is 11.9 Å². The van der Waals surface area contributed by atoms with Crippen LogP contribution in [0.5, 0.6) is 0 Å². The van der Waals surface area contributed by atoms with Gasteiger partial charge in [0.1, 0.15) is 4.47 Å². The van der Waals surface area contributed by atoms with Crippen LogP contribution in [0.15, 0.2) is 15.5 Å². The van der Waals surface area contributed by atoms with Crippen molar-refractivity contribution in [2.75, 3.05) is 11.9 Å². The molecule has 3 N–H and O–H groups in total. The molecule has 1 aromatic rings. The standard InChI is InChI=1S/C13H21BrN4O/c1-2-3-6-18-13(19)12(14)11(8-16-18)17-10(7-15)9-4-5-9/h8-10,17H,2-7,15H2,1H3. The maximum atomic E-state index is 12.1. The lowest BCUT2D eigenvalue weighted by atomic mass is 10.2. The zero-order chi connectivity index (χ0) is 13.8. The fourth-order valence-electron chi connectivity index (χ4n) is 2.10. The number of hydrogen-bond acceptors (Lipinski definition) is 4. The van der Waals surface area contributed by atoms with Crippen molar-refractivity contribution >= 4 is 21.6 Å². The molecule has 6 heteroatoms. The van der Waals surface area contributed by atoms with Gasteiger partial charge in [0.15, 0.2) is 0 Å². The van der Waals surface area contributed by atoms with Crippen LogP contribution < -0.4 is 16.6 Å². The molecule has 0 radical (unpaired) electrons. The maximum Gasteiger partial charge on any atom is 0.283 e. The Labute approximate surface area is 121 Å². The molecular weight excluding hydrogens is 308 g/mol. The first kappa shape index (κ1) is 14.5. The number of aryl methyl sites for hydroxylation is 1. The second-order valence-electron chi connectivity index (χ2n) is 5.08. The molecule has 2 rings (SSSR count). The molecule has 1 heterocycles. The predicted molar refractivity (Wildman–Crippen MR) is 80.3 cm³/mol. The van der Waals surface area contributed by atoms with Gasteiger partial charge in [-0.3, -0.25) is 4.79 Å². The lowest BCUT2D eigenvalue weighted by molar-refractivity contribution is 0.540. The monoisotopic (exact) mass is 328 g/mol. The summed E-state index contributed by atoms with van der Waals surface area (Å²) in [4.78, 5) is 12.1. The van der Waals surface area contributed by atoms with Gasteiger partial charge >= 0.3 is 0 Å². The summed E-state index contributed by atoms with van der Waals surface area (Å²) < 4.78 is 2.06. The summed E-state index contributed by atoms with van der Waals surface area (Å²) in [6.07, 6.45) is 6.15. The molecule has 0 spiro atoms. The molecule has 1 aliphatic carbocycles. The third kappa shape index (κ3) is 3.57. The third-order valence-corrected chi connectivity index (χ3v) is 4.26. The Kier molecular flexibility index (Phi) is 4.99. The molecule has 0 amide bonds. The Morgan fingerprint density at radius 1 is 1.63 bits per heavy atom. The lowest BCUT2D eigenvalue weighted by Crippen LogP contribution is -2.32. The van der Waals surface area contributed by atoms with Crippen LogP contribution in [-0.2, 0) is 6.54 Å². The third-order valence-electron chi connectivity index (χ3n) is 3.49. The van der Waals surface area contributed by atoms with E-state index in [0.29, 0.717) is 23.5 Å². The zero-order valence-corrected chi connectivity index (χ0v) is 12.8. The SMILES string of the molecule is CCCCn1ncc(NC(CN)C2CC2)c(Br)c1=O. The summed E-state index contributed by atoms with van der Waals surface area (Å²) in [5.41, 5.74) is 6.44. The molecule has 0 aliphatic heterocycles. The highest BCUT2D eigenvalue weighted by Crippen LogP contribution is 2.34. The summed E-state index contributed by atoms with van der Waals surface area (Å²) in [7, 11) is 0. The highest BCUT2D eigenvalue weighted by atomic mass is 79.9. The van der Waals surface area contributed by atoms with Gasteiger partial charge in [0.2, 0.25) is 0 Å². The second-order valence-corrected chi connectivity index (χ2v) is 5.87. The van der Waals surface area contributed by atoms with Crippen molar-refractivity contribution in [1.29, 1.82) is 0 Å². The molecule has 1 fully saturated rings. The molecular formula is C13H21BrN4O. The van der Waals surface area contributed by atoms with Crippen LogP contribution in [0.3, 0.4) is 0 Å². The second kappa shape index (κ2) is 6.52. The van der Waals surface area contributed by atoms with Gasteiger partial charge in [-0.05, 0) is 41.1 Å². The van der Waals surface area contributed by atoms with Crippen molar-refractivity contribution in [3.05, 3.63) is 21.0 Å². The van der Waals surface area contributed by atoms with E-state index in [0.717, 1.165) is 18.5 Å². The molecule has 1 unspecified atom stereocenters. The minimum atomic E-state index is -0.0787. The molecule has 106 valence electrons. The van der Waals surface area contributed by atoms with Gasteiger partial charge < -0.3 is 11.1 Å². The minimum absolute atomic E-state index is 0.0787. The van der Waals surface area contributed by atoms with Crippen molar-refractivity contribution in [2.45, 2.75) is 45.2 Å². The van der Waals surface area contributed by atoms with Crippen LogP contribution in [0.25, 0.3) is 0 Å². The number of rotatable bonds is 7. The van der Waals surface area contributed by atoms with Gasteiger partial charge in [0, 0.05) is 19.1 Å². The number of unbranched alkanes of at least 4 members (excludes halogenated alkanes) is 1.